The van der Waals surface area contributed by atoms with E-state index in [0.29, 0.717) is 12.2 Å². The van der Waals surface area contributed by atoms with Crippen molar-refractivity contribution < 1.29 is 28.2 Å². The number of halogens is 1. The molecule has 41 heavy (non-hydrogen) atoms. The van der Waals surface area contributed by atoms with Crippen LogP contribution in [0, 0.1) is 11.7 Å². The number of ether oxygens (including phenoxy) is 2. The first-order chi connectivity index (χ1) is 19.7. The van der Waals surface area contributed by atoms with Crippen molar-refractivity contribution in [3.05, 3.63) is 78.1 Å². The highest BCUT2D eigenvalue weighted by molar-refractivity contribution is 6.01. The molecule has 3 aromatic rings. The lowest BCUT2D eigenvalue weighted by Gasteiger charge is -2.35. The summed E-state index contributed by atoms with van der Waals surface area (Å²) in [6, 6.07) is 9.34. The summed E-state index contributed by atoms with van der Waals surface area (Å²) in [6.45, 7) is 4.44. The Morgan fingerprint density at radius 3 is 2.59 bits per heavy atom. The maximum absolute atomic E-state index is 14.0. The van der Waals surface area contributed by atoms with E-state index in [4.69, 9.17) is 9.47 Å². The number of likely N-dealkylation sites (N-methyl/N-ethyl adjacent to an activating group) is 1. The largest absolute Gasteiger partial charge is 0.491 e. The van der Waals surface area contributed by atoms with Gasteiger partial charge in [-0.1, -0.05) is 19.1 Å². The van der Waals surface area contributed by atoms with Crippen LogP contribution in [0.1, 0.15) is 34.7 Å². The Kier molecular flexibility index (Phi) is 9.45. The topological polar surface area (TPSA) is 126 Å². The number of nitrogens with one attached hydrogen (secondary N) is 2. The third-order valence-corrected chi connectivity index (χ3v) is 6.87. The highest BCUT2D eigenvalue weighted by Gasteiger charge is 2.31. The zero-order chi connectivity index (χ0) is 29.5. The van der Waals surface area contributed by atoms with Crippen LogP contribution in [0.3, 0.4) is 0 Å². The molecule has 216 valence electrons. The third kappa shape index (κ3) is 7.14. The fourth-order valence-corrected chi connectivity index (χ4v) is 4.54. The molecule has 0 fully saturated rings. The summed E-state index contributed by atoms with van der Waals surface area (Å²) < 4.78 is 25.8. The molecule has 3 atom stereocenters. The Balaban J connectivity index is 1.62. The number of benzene rings is 2. The molecular weight excluding hydrogens is 531 g/mol. The van der Waals surface area contributed by atoms with Gasteiger partial charge in [-0.25, -0.2) is 14.2 Å². The predicted octanol–water partition coefficient (Wildman–Crippen LogP) is 3.91. The molecule has 0 saturated heterocycles. The van der Waals surface area contributed by atoms with Crippen LogP contribution in [0.25, 0.3) is 0 Å². The van der Waals surface area contributed by atoms with Crippen LogP contribution in [0.15, 0.2) is 61.1 Å². The number of carbonyl (C=O) groups excluding carboxylic acids is 3. The average Bonchev–Trinajstić information content (AvgIpc) is 2.97. The molecule has 0 spiro atoms. The first-order valence-electron chi connectivity index (χ1n) is 13.1. The summed E-state index contributed by atoms with van der Waals surface area (Å²) >= 11 is 0. The second-order valence-electron chi connectivity index (χ2n) is 9.92. The van der Waals surface area contributed by atoms with Gasteiger partial charge in [-0.2, -0.15) is 0 Å². The highest BCUT2D eigenvalue weighted by atomic mass is 19.1. The molecule has 1 aliphatic rings. The zero-order valence-corrected chi connectivity index (χ0v) is 23.3. The number of hydrogen-bond acceptors (Lipinski definition) is 7. The number of aromatic nitrogens is 2. The standard InChI is InChI=1S/C29H33FN6O5/c1-18-15-36(28(38)24-14-31-11-12-32-24)19(2)17-41-25-13-20(33-29(39)34-23-8-6-5-7-22(23)30)9-10-21(25)27(37)35(3)16-26(18)40-4/h5-14,18-19,26H,15-17H2,1-4H3,(H2,33,34,39)/t18-,19-,26-/m1/s1. The number of methoxy groups -OCH3 is 1. The molecule has 12 heteroatoms. The van der Waals surface area contributed by atoms with Gasteiger partial charge in [-0.15, -0.1) is 0 Å². The van der Waals surface area contributed by atoms with E-state index in [1.54, 1.807) is 37.3 Å². The van der Waals surface area contributed by atoms with Crippen LogP contribution in [0.2, 0.25) is 0 Å². The average molecular weight is 565 g/mol. The SMILES string of the molecule is CO[C@@H]1CN(C)C(=O)c2ccc(NC(=O)Nc3ccccc3F)cc2OC[C@@H](C)N(C(=O)c2cnccn2)C[C@H]1C. The van der Waals surface area contributed by atoms with Crippen molar-refractivity contribution in [2.45, 2.75) is 26.0 Å². The van der Waals surface area contributed by atoms with E-state index in [1.807, 2.05) is 13.8 Å². The lowest BCUT2D eigenvalue weighted by molar-refractivity contribution is 0.0109. The summed E-state index contributed by atoms with van der Waals surface area (Å²) in [5.41, 5.74) is 0.818. The number of nitrogens with zero attached hydrogens (tertiary/aromatic N) is 4. The first kappa shape index (κ1) is 29.4. The molecule has 2 N–H and O–H groups in total. The molecule has 1 aromatic heterocycles. The number of amides is 4. The van der Waals surface area contributed by atoms with Crippen molar-refractivity contribution in [3.8, 4) is 5.75 Å². The lowest BCUT2D eigenvalue weighted by atomic mass is 10.0. The van der Waals surface area contributed by atoms with Crippen molar-refractivity contribution >= 4 is 29.2 Å². The first-order valence-corrected chi connectivity index (χ1v) is 13.1. The molecule has 0 unspecified atom stereocenters. The van der Waals surface area contributed by atoms with Crippen LogP contribution in [-0.4, -0.2) is 83.6 Å². The number of para-hydroxylation sites is 1. The van der Waals surface area contributed by atoms with Gasteiger partial charge >= 0.3 is 6.03 Å². The molecule has 1 aliphatic heterocycles. The summed E-state index contributed by atoms with van der Waals surface area (Å²) in [7, 11) is 3.24. The van der Waals surface area contributed by atoms with Crippen molar-refractivity contribution in [2.24, 2.45) is 5.92 Å². The van der Waals surface area contributed by atoms with Crippen LogP contribution in [0.5, 0.6) is 5.75 Å². The second-order valence-corrected chi connectivity index (χ2v) is 9.92. The molecular formula is C29H33FN6O5. The molecule has 4 amide bonds. The van der Waals surface area contributed by atoms with Crippen molar-refractivity contribution in [1.29, 1.82) is 0 Å². The number of rotatable bonds is 4. The van der Waals surface area contributed by atoms with E-state index < -0.39 is 17.9 Å². The number of hydrogen-bond donors (Lipinski definition) is 2. The molecule has 0 saturated carbocycles. The zero-order valence-electron chi connectivity index (χ0n) is 23.3. The lowest BCUT2D eigenvalue weighted by Crippen LogP contribution is -2.48. The molecule has 0 bridgehead atoms. The number of fused-ring (bicyclic) bond motifs is 1. The minimum absolute atomic E-state index is 0.0213. The van der Waals surface area contributed by atoms with E-state index in [9.17, 15) is 18.8 Å². The summed E-state index contributed by atoms with van der Waals surface area (Å²) in [5.74, 6) is -1.09. The van der Waals surface area contributed by atoms with E-state index >= 15 is 0 Å². The second kappa shape index (κ2) is 13.2. The third-order valence-electron chi connectivity index (χ3n) is 6.87. The molecule has 11 nitrogen and oxygen atoms in total. The fraction of sp³-hybridized carbons (Fsp3) is 0.345. The van der Waals surface area contributed by atoms with Gasteiger partial charge < -0.3 is 29.9 Å². The predicted molar refractivity (Wildman–Crippen MR) is 150 cm³/mol. The molecule has 0 radical (unpaired) electrons. The van der Waals surface area contributed by atoms with E-state index in [1.165, 1.54) is 47.8 Å². The van der Waals surface area contributed by atoms with Crippen LogP contribution in [-0.2, 0) is 4.74 Å². The molecule has 2 heterocycles. The normalized spacial score (nSPS) is 19.7. The van der Waals surface area contributed by atoms with Gasteiger partial charge in [0, 0.05) is 57.3 Å². The van der Waals surface area contributed by atoms with Crippen LogP contribution in [0.4, 0.5) is 20.6 Å². The Morgan fingerprint density at radius 1 is 1.10 bits per heavy atom. The van der Waals surface area contributed by atoms with Gasteiger partial charge in [-0.05, 0) is 31.2 Å². The van der Waals surface area contributed by atoms with Crippen molar-refractivity contribution in [1.82, 2.24) is 19.8 Å². The maximum Gasteiger partial charge on any atom is 0.323 e. The van der Waals surface area contributed by atoms with Crippen LogP contribution < -0.4 is 15.4 Å². The van der Waals surface area contributed by atoms with Gasteiger partial charge in [0.1, 0.15) is 23.9 Å². The molecule has 2 aromatic carbocycles. The Bertz CT molecular complexity index is 1390. The Morgan fingerprint density at radius 2 is 1.88 bits per heavy atom. The van der Waals surface area contributed by atoms with Crippen molar-refractivity contribution in [3.63, 3.8) is 0 Å². The fourth-order valence-electron chi connectivity index (χ4n) is 4.54. The van der Waals surface area contributed by atoms with E-state index in [-0.39, 0.29) is 59.7 Å². The van der Waals surface area contributed by atoms with Gasteiger partial charge in [0.2, 0.25) is 0 Å². The molecule has 0 aliphatic carbocycles. The van der Waals surface area contributed by atoms with E-state index in [2.05, 4.69) is 20.6 Å². The Labute approximate surface area is 237 Å². The number of carbonyl (C=O) groups is 3. The van der Waals surface area contributed by atoms with Crippen LogP contribution >= 0.6 is 0 Å². The summed E-state index contributed by atoms with van der Waals surface area (Å²) in [4.78, 5) is 50.8. The number of anilines is 2. The highest BCUT2D eigenvalue weighted by Crippen LogP contribution is 2.27. The molecule has 4 rings (SSSR count). The van der Waals surface area contributed by atoms with Crippen molar-refractivity contribution in [2.75, 3.05) is 44.5 Å². The van der Waals surface area contributed by atoms with Gasteiger partial charge in [0.25, 0.3) is 11.8 Å². The number of urea groups is 1. The van der Waals surface area contributed by atoms with Gasteiger partial charge in [-0.3, -0.25) is 14.6 Å². The minimum atomic E-state index is -0.669. The monoisotopic (exact) mass is 564 g/mol. The minimum Gasteiger partial charge on any atom is -0.491 e. The Hall–Kier alpha value is -4.58. The quantitative estimate of drug-likeness (QED) is 0.492. The van der Waals surface area contributed by atoms with Gasteiger partial charge in [0.15, 0.2) is 0 Å². The summed E-state index contributed by atoms with van der Waals surface area (Å²) in [6.07, 6.45) is 4.01. The van der Waals surface area contributed by atoms with Gasteiger partial charge in [0.05, 0.1) is 29.6 Å². The van der Waals surface area contributed by atoms with E-state index in [0.717, 1.165) is 0 Å². The maximum atomic E-state index is 14.0. The smallest absolute Gasteiger partial charge is 0.323 e. The summed E-state index contributed by atoms with van der Waals surface area (Å²) in [5, 5.41) is 5.10.